The summed E-state index contributed by atoms with van der Waals surface area (Å²) in [6.07, 6.45) is 1.49. The monoisotopic (exact) mass is 301 g/mol. The molecule has 9 heteroatoms. The van der Waals surface area contributed by atoms with Crippen molar-refractivity contribution in [2.24, 2.45) is 5.73 Å². The van der Waals surface area contributed by atoms with Crippen molar-refractivity contribution in [2.75, 3.05) is 19.6 Å². The Labute approximate surface area is 118 Å². The van der Waals surface area contributed by atoms with Gasteiger partial charge in [0.15, 0.2) is 5.03 Å². The molecule has 0 spiro atoms. The van der Waals surface area contributed by atoms with Crippen LogP contribution in [0.2, 0.25) is 0 Å². The van der Waals surface area contributed by atoms with Crippen molar-refractivity contribution in [3.05, 3.63) is 12.0 Å². The molecule has 1 aromatic heterocycles. The molecule has 1 aliphatic rings. The third-order valence-electron chi connectivity index (χ3n) is 3.39. The summed E-state index contributed by atoms with van der Waals surface area (Å²) in [4.78, 5) is 15.5. The van der Waals surface area contributed by atoms with Crippen molar-refractivity contribution in [3.63, 3.8) is 0 Å². The molecule has 112 valence electrons. The van der Waals surface area contributed by atoms with Gasteiger partial charge in [0.05, 0.1) is 0 Å². The zero-order valence-electron chi connectivity index (χ0n) is 11.5. The highest BCUT2D eigenvalue weighted by Crippen LogP contribution is 2.19. The molecule has 1 amide bonds. The maximum absolute atomic E-state index is 12.6. The number of piperazine rings is 1. The zero-order chi connectivity index (χ0) is 14.9. The Hall–Kier alpha value is -1.45. The van der Waals surface area contributed by atoms with E-state index in [1.807, 2.05) is 6.92 Å². The molecule has 0 saturated carbocycles. The van der Waals surface area contributed by atoms with E-state index in [2.05, 4.69) is 10.3 Å². The summed E-state index contributed by atoms with van der Waals surface area (Å²) in [5.41, 5.74) is 5.28. The first-order valence-corrected chi connectivity index (χ1v) is 7.87. The summed E-state index contributed by atoms with van der Waals surface area (Å²) in [5.74, 6) is -0.0377. The number of nitrogens with two attached hydrogens (primary N) is 1. The molecule has 0 bridgehead atoms. The summed E-state index contributed by atoms with van der Waals surface area (Å²) >= 11 is 0. The quantitative estimate of drug-likeness (QED) is 0.715. The molecule has 1 unspecified atom stereocenters. The van der Waals surface area contributed by atoms with Crippen LogP contribution in [0.4, 0.5) is 0 Å². The third-order valence-corrected chi connectivity index (χ3v) is 5.17. The van der Waals surface area contributed by atoms with Crippen LogP contribution in [0.5, 0.6) is 0 Å². The highest BCUT2D eigenvalue weighted by atomic mass is 32.2. The number of sulfonamides is 1. The fourth-order valence-corrected chi connectivity index (χ4v) is 3.85. The highest BCUT2D eigenvalue weighted by Gasteiger charge is 2.38. The van der Waals surface area contributed by atoms with E-state index in [0.29, 0.717) is 18.9 Å². The number of amides is 1. The summed E-state index contributed by atoms with van der Waals surface area (Å²) in [6, 6.07) is -0.874. The predicted molar refractivity (Wildman–Crippen MR) is 72.4 cm³/mol. The lowest BCUT2D eigenvalue weighted by atomic mass is 10.2. The van der Waals surface area contributed by atoms with E-state index in [1.54, 1.807) is 11.5 Å². The second-order valence-corrected chi connectivity index (χ2v) is 6.49. The van der Waals surface area contributed by atoms with Gasteiger partial charge in [0.25, 0.3) is 10.0 Å². The van der Waals surface area contributed by atoms with E-state index >= 15 is 0 Å². The Morgan fingerprint density at radius 1 is 1.60 bits per heavy atom. The molecular formula is C11H19N5O3S. The summed E-state index contributed by atoms with van der Waals surface area (Å²) in [5, 5.41) is 2.93. The fourth-order valence-electron chi connectivity index (χ4n) is 2.26. The van der Waals surface area contributed by atoms with E-state index in [1.165, 1.54) is 6.20 Å². The van der Waals surface area contributed by atoms with Crippen molar-refractivity contribution in [3.8, 4) is 0 Å². The highest BCUT2D eigenvalue weighted by molar-refractivity contribution is 7.89. The number of nitrogens with one attached hydrogen (secondary N) is 1. The molecule has 1 aromatic rings. The van der Waals surface area contributed by atoms with Crippen molar-refractivity contribution >= 4 is 15.9 Å². The van der Waals surface area contributed by atoms with Crippen molar-refractivity contribution < 1.29 is 13.2 Å². The van der Waals surface area contributed by atoms with Gasteiger partial charge in [-0.1, -0.05) is 0 Å². The van der Waals surface area contributed by atoms with Crippen LogP contribution in [0.3, 0.4) is 0 Å². The van der Waals surface area contributed by atoms with Gasteiger partial charge in [-0.3, -0.25) is 4.79 Å². The van der Waals surface area contributed by atoms with Gasteiger partial charge in [-0.05, 0) is 13.8 Å². The molecule has 20 heavy (non-hydrogen) atoms. The van der Waals surface area contributed by atoms with E-state index in [-0.39, 0.29) is 18.1 Å². The molecule has 0 aromatic carbocycles. The third kappa shape index (κ3) is 2.56. The number of hydrogen-bond acceptors (Lipinski definition) is 5. The van der Waals surface area contributed by atoms with E-state index in [9.17, 15) is 13.2 Å². The van der Waals surface area contributed by atoms with Crippen LogP contribution in [0.15, 0.2) is 11.2 Å². The summed E-state index contributed by atoms with van der Waals surface area (Å²) in [7, 11) is -3.81. The second-order valence-electron chi connectivity index (χ2n) is 4.65. The molecular weight excluding hydrogens is 282 g/mol. The van der Waals surface area contributed by atoms with Gasteiger partial charge in [0, 0.05) is 32.4 Å². The maximum Gasteiger partial charge on any atom is 0.262 e. The van der Waals surface area contributed by atoms with Crippen LogP contribution < -0.4 is 11.1 Å². The molecule has 1 atom stereocenters. The molecule has 1 fully saturated rings. The van der Waals surface area contributed by atoms with Gasteiger partial charge in [-0.2, -0.15) is 4.31 Å². The number of carbonyl (C=O) groups excluding carboxylic acids is 1. The lowest BCUT2D eigenvalue weighted by Crippen LogP contribution is -2.58. The lowest BCUT2D eigenvalue weighted by molar-refractivity contribution is -0.122. The Bertz CT molecular complexity index is 610. The molecule has 0 radical (unpaired) electrons. The van der Waals surface area contributed by atoms with E-state index < -0.39 is 22.0 Å². The fraction of sp³-hybridized carbons (Fsp3) is 0.636. The lowest BCUT2D eigenvalue weighted by Gasteiger charge is -2.32. The Morgan fingerprint density at radius 3 is 2.85 bits per heavy atom. The smallest absolute Gasteiger partial charge is 0.262 e. The SMILES string of the molecule is CCn1cc(S(=O)(=O)N2CCNCC2C(N)=O)nc1C. The standard InChI is InChI=1S/C11H19N5O3S/c1-3-15-7-10(14-8(15)2)20(18,19)16-5-4-13-6-9(16)11(12)17/h7,9,13H,3-6H2,1-2H3,(H2,12,17). The normalized spacial score (nSPS) is 21.0. The zero-order valence-corrected chi connectivity index (χ0v) is 12.4. The van der Waals surface area contributed by atoms with Crippen LogP contribution in [-0.2, 0) is 21.4 Å². The number of rotatable bonds is 4. The van der Waals surface area contributed by atoms with Crippen LogP contribution in [-0.4, -0.2) is 53.9 Å². The van der Waals surface area contributed by atoms with Crippen LogP contribution in [0.1, 0.15) is 12.7 Å². The van der Waals surface area contributed by atoms with Gasteiger partial charge in [-0.15, -0.1) is 0 Å². The second kappa shape index (κ2) is 5.51. The molecule has 8 nitrogen and oxygen atoms in total. The summed E-state index contributed by atoms with van der Waals surface area (Å²) < 4.78 is 28.1. The number of imidazole rings is 1. The Balaban J connectivity index is 2.39. The number of hydrogen-bond donors (Lipinski definition) is 2. The van der Waals surface area contributed by atoms with Crippen molar-refractivity contribution in [1.29, 1.82) is 0 Å². The minimum atomic E-state index is -3.81. The minimum Gasteiger partial charge on any atom is -0.368 e. The Morgan fingerprint density at radius 2 is 2.30 bits per heavy atom. The van der Waals surface area contributed by atoms with Gasteiger partial charge in [0.2, 0.25) is 5.91 Å². The van der Waals surface area contributed by atoms with Gasteiger partial charge in [-0.25, -0.2) is 13.4 Å². The molecule has 0 aliphatic carbocycles. The first-order chi connectivity index (χ1) is 9.37. The van der Waals surface area contributed by atoms with Crippen molar-refractivity contribution in [2.45, 2.75) is 31.5 Å². The molecule has 3 N–H and O–H groups in total. The molecule has 2 rings (SSSR count). The largest absolute Gasteiger partial charge is 0.368 e. The first kappa shape index (κ1) is 14.9. The molecule has 2 heterocycles. The number of primary amides is 1. The van der Waals surface area contributed by atoms with Gasteiger partial charge >= 0.3 is 0 Å². The maximum atomic E-state index is 12.6. The average molecular weight is 301 g/mol. The number of carbonyl (C=O) groups is 1. The minimum absolute atomic E-state index is 0.0370. The van der Waals surface area contributed by atoms with Crippen molar-refractivity contribution in [1.82, 2.24) is 19.2 Å². The first-order valence-electron chi connectivity index (χ1n) is 6.43. The van der Waals surface area contributed by atoms with E-state index in [0.717, 1.165) is 4.31 Å². The molecule has 1 aliphatic heterocycles. The average Bonchev–Trinajstić information content (AvgIpc) is 2.80. The number of nitrogens with zero attached hydrogens (tertiary/aromatic N) is 3. The number of aromatic nitrogens is 2. The van der Waals surface area contributed by atoms with Crippen LogP contribution in [0, 0.1) is 6.92 Å². The van der Waals surface area contributed by atoms with E-state index in [4.69, 9.17) is 5.73 Å². The van der Waals surface area contributed by atoms with Gasteiger partial charge in [0.1, 0.15) is 11.9 Å². The summed E-state index contributed by atoms with van der Waals surface area (Å²) in [6.45, 7) is 5.19. The Kier molecular flexibility index (Phi) is 4.11. The predicted octanol–water partition coefficient (Wildman–Crippen LogP) is -1.34. The van der Waals surface area contributed by atoms with Gasteiger partial charge < -0.3 is 15.6 Å². The topological polar surface area (TPSA) is 110 Å². The van der Waals surface area contributed by atoms with Crippen LogP contribution >= 0.6 is 0 Å². The van der Waals surface area contributed by atoms with Crippen LogP contribution in [0.25, 0.3) is 0 Å². The number of aryl methyl sites for hydroxylation is 2. The molecule has 1 saturated heterocycles.